The third-order valence-electron chi connectivity index (χ3n) is 4.69. The molecule has 158 valence electrons. The van der Waals surface area contributed by atoms with Crippen LogP contribution in [0.1, 0.15) is 10.9 Å². The maximum Gasteiger partial charge on any atom is 0.321 e. The minimum atomic E-state index is -1.28. The van der Waals surface area contributed by atoms with E-state index in [1.165, 1.54) is 13.4 Å². The minimum absolute atomic E-state index is 0.0111. The van der Waals surface area contributed by atoms with Crippen LogP contribution in [0, 0.1) is 3.57 Å². The van der Waals surface area contributed by atoms with E-state index in [9.17, 15) is 15.0 Å². The van der Waals surface area contributed by atoms with Crippen molar-refractivity contribution in [3.63, 3.8) is 0 Å². The van der Waals surface area contributed by atoms with Crippen LogP contribution in [0.2, 0.25) is 5.28 Å². The highest BCUT2D eigenvalue weighted by Gasteiger charge is 2.48. The zero-order valence-corrected chi connectivity index (χ0v) is 19.3. The number of methoxy groups -OCH3 is 1. The quantitative estimate of drug-likeness (QED) is 0.244. The second kappa shape index (κ2) is 8.83. The highest BCUT2D eigenvalue weighted by atomic mass is 127. The number of aromatic nitrogens is 4. The lowest BCUT2D eigenvalue weighted by atomic mass is 10.1. The van der Waals surface area contributed by atoms with E-state index in [1.807, 2.05) is 24.3 Å². The van der Waals surface area contributed by atoms with Crippen LogP contribution in [-0.2, 0) is 16.1 Å². The number of thioether (sulfide) groups is 1. The summed E-state index contributed by atoms with van der Waals surface area (Å²) in [4.78, 5) is 24.8. The molecule has 3 aromatic rings. The van der Waals surface area contributed by atoms with Crippen LogP contribution in [0.15, 0.2) is 30.6 Å². The molecule has 1 aromatic carbocycles. The van der Waals surface area contributed by atoms with Gasteiger partial charge in [-0.1, -0.05) is 12.1 Å². The number of esters is 1. The average Bonchev–Trinajstić information content (AvgIpc) is 3.27. The van der Waals surface area contributed by atoms with Crippen molar-refractivity contribution < 1.29 is 19.7 Å². The van der Waals surface area contributed by atoms with Crippen LogP contribution in [-0.4, -0.2) is 60.3 Å². The molecule has 1 aliphatic rings. The highest BCUT2D eigenvalue weighted by Crippen LogP contribution is 2.43. The molecule has 4 atom stereocenters. The van der Waals surface area contributed by atoms with Crippen LogP contribution in [0.5, 0.6) is 0 Å². The lowest BCUT2D eigenvalue weighted by Gasteiger charge is -2.17. The number of carbonyl (C=O) groups is 1. The number of nitrogens with one attached hydrogen (secondary N) is 1. The Morgan fingerprint density at radius 1 is 1.37 bits per heavy atom. The lowest BCUT2D eigenvalue weighted by Crippen LogP contribution is -2.35. The lowest BCUT2D eigenvalue weighted by molar-refractivity contribution is -0.143. The summed E-state index contributed by atoms with van der Waals surface area (Å²) in [5.74, 6) is -0.156. The number of rotatable bonds is 5. The molecule has 30 heavy (non-hydrogen) atoms. The molecular formula is C18H17ClIN5O4S. The van der Waals surface area contributed by atoms with Crippen molar-refractivity contribution in [1.29, 1.82) is 0 Å². The maximum atomic E-state index is 11.9. The van der Waals surface area contributed by atoms with E-state index in [0.29, 0.717) is 23.5 Å². The number of ether oxygens (including phenoxy) is 1. The van der Waals surface area contributed by atoms with Gasteiger partial charge in [-0.25, -0.2) is 4.98 Å². The highest BCUT2D eigenvalue weighted by molar-refractivity contribution is 14.1. The Morgan fingerprint density at radius 3 is 2.90 bits per heavy atom. The van der Waals surface area contributed by atoms with Gasteiger partial charge in [0, 0.05) is 10.1 Å². The van der Waals surface area contributed by atoms with Gasteiger partial charge in [-0.2, -0.15) is 9.97 Å². The molecule has 3 N–H and O–H groups in total. The summed E-state index contributed by atoms with van der Waals surface area (Å²) in [6, 6.07) is 8.02. The Morgan fingerprint density at radius 2 is 2.17 bits per heavy atom. The molecule has 0 saturated carbocycles. The van der Waals surface area contributed by atoms with Crippen molar-refractivity contribution in [3.05, 3.63) is 45.0 Å². The monoisotopic (exact) mass is 561 g/mol. The Balaban J connectivity index is 1.64. The van der Waals surface area contributed by atoms with E-state index in [1.54, 1.807) is 4.57 Å². The molecule has 1 aliphatic heterocycles. The smallest absolute Gasteiger partial charge is 0.321 e. The fraction of sp³-hybridized carbons (Fsp3) is 0.333. The topological polar surface area (TPSA) is 122 Å². The summed E-state index contributed by atoms with van der Waals surface area (Å²) in [6.07, 6.45) is -1.01. The molecule has 12 heteroatoms. The average molecular weight is 562 g/mol. The van der Waals surface area contributed by atoms with Gasteiger partial charge < -0.3 is 20.3 Å². The predicted octanol–water partition coefficient (Wildman–Crippen LogP) is 2.21. The Labute approximate surface area is 194 Å². The molecule has 2 aromatic heterocycles. The number of aliphatic hydroxyl groups excluding tert-OH is 2. The molecule has 0 amide bonds. The number of fused-ring (bicyclic) bond motifs is 1. The first-order chi connectivity index (χ1) is 14.4. The SMILES string of the molecule is COC(=O)C1SC(n2cnc3c(NCc4cccc(I)c4)nc(Cl)nc32)C(O)C1O. The maximum absolute atomic E-state index is 11.9. The van der Waals surface area contributed by atoms with Gasteiger partial charge in [0.2, 0.25) is 5.28 Å². The summed E-state index contributed by atoms with van der Waals surface area (Å²) < 4.78 is 7.42. The van der Waals surface area contributed by atoms with Gasteiger partial charge in [0.05, 0.1) is 13.4 Å². The molecule has 1 fully saturated rings. The first-order valence-corrected chi connectivity index (χ1v) is 11.3. The molecular weight excluding hydrogens is 545 g/mol. The number of benzene rings is 1. The van der Waals surface area contributed by atoms with Crippen LogP contribution in [0.4, 0.5) is 5.82 Å². The zero-order chi connectivity index (χ0) is 21.4. The molecule has 4 unspecified atom stereocenters. The number of anilines is 1. The van der Waals surface area contributed by atoms with Gasteiger partial charge in [0.15, 0.2) is 17.0 Å². The first-order valence-electron chi connectivity index (χ1n) is 8.87. The fourth-order valence-electron chi connectivity index (χ4n) is 3.23. The molecule has 9 nitrogen and oxygen atoms in total. The first kappa shape index (κ1) is 21.6. The van der Waals surface area contributed by atoms with Gasteiger partial charge in [0.1, 0.15) is 22.8 Å². The van der Waals surface area contributed by atoms with Gasteiger partial charge in [-0.05, 0) is 51.9 Å². The third kappa shape index (κ3) is 4.08. The number of halogens is 2. The Kier molecular flexibility index (Phi) is 6.34. The van der Waals surface area contributed by atoms with Crippen LogP contribution >= 0.6 is 46.0 Å². The summed E-state index contributed by atoms with van der Waals surface area (Å²) in [6.45, 7) is 0.510. The zero-order valence-electron chi connectivity index (χ0n) is 15.6. The van der Waals surface area contributed by atoms with Gasteiger partial charge in [-0.15, -0.1) is 11.8 Å². The van der Waals surface area contributed by atoms with Crippen molar-refractivity contribution in [2.45, 2.75) is 29.4 Å². The van der Waals surface area contributed by atoms with E-state index in [2.05, 4.69) is 42.9 Å². The molecule has 0 spiro atoms. The molecule has 0 aliphatic carbocycles. The summed E-state index contributed by atoms with van der Waals surface area (Å²) in [5, 5.41) is 22.4. The molecule has 0 bridgehead atoms. The van der Waals surface area contributed by atoms with Gasteiger partial charge in [-0.3, -0.25) is 9.36 Å². The van der Waals surface area contributed by atoms with E-state index in [-0.39, 0.29) is 5.28 Å². The molecule has 0 radical (unpaired) electrons. The van der Waals surface area contributed by atoms with E-state index in [4.69, 9.17) is 16.3 Å². The van der Waals surface area contributed by atoms with Crippen LogP contribution in [0.25, 0.3) is 11.2 Å². The van der Waals surface area contributed by atoms with Crippen molar-refractivity contribution in [1.82, 2.24) is 19.5 Å². The van der Waals surface area contributed by atoms with E-state index < -0.39 is 28.8 Å². The van der Waals surface area contributed by atoms with Gasteiger partial charge >= 0.3 is 5.97 Å². The second-order valence-corrected chi connectivity index (χ2v) is 9.45. The number of hydrogen-bond acceptors (Lipinski definition) is 9. The van der Waals surface area contributed by atoms with E-state index in [0.717, 1.165) is 20.9 Å². The normalized spacial score (nSPS) is 23.6. The standard InChI is InChI=1S/C18H17ClIN5O4S/c1-29-17(28)13-11(26)12(27)16(30-13)25-7-22-10-14(23-18(19)24-15(10)25)21-6-8-3-2-4-9(20)5-8/h2-5,7,11-13,16,26-27H,6H2,1H3,(H,21,23,24). The Bertz CT molecular complexity index is 1100. The number of aliphatic hydroxyl groups is 2. The van der Waals surface area contributed by atoms with Crippen LogP contribution < -0.4 is 5.32 Å². The molecule has 1 saturated heterocycles. The fourth-order valence-corrected chi connectivity index (χ4v) is 5.44. The number of hydrogen-bond donors (Lipinski definition) is 3. The molecule has 4 rings (SSSR count). The third-order valence-corrected chi connectivity index (χ3v) is 7.08. The minimum Gasteiger partial charge on any atom is -0.468 e. The number of carbonyl (C=O) groups excluding carboxylic acids is 1. The van der Waals surface area contributed by atoms with E-state index >= 15 is 0 Å². The van der Waals surface area contributed by atoms with Crippen molar-refractivity contribution >= 4 is 68.9 Å². The summed E-state index contributed by atoms with van der Waals surface area (Å²) in [5.41, 5.74) is 1.92. The van der Waals surface area contributed by atoms with Crippen LogP contribution in [0.3, 0.4) is 0 Å². The Hall–Kier alpha value is -1.67. The summed E-state index contributed by atoms with van der Waals surface area (Å²) in [7, 11) is 1.24. The summed E-state index contributed by atoms with van der Waals surface area (Å²) >= 11 is 9.46. The second-order valence-electron chi connectivity index (χ2n) is 6.60. The van der Waals surface area contributed by atoms with Crippen molar-refractivity contribution in [2.24, 2.45) is 0 Å². The number of nitrogens with zero attached hydrogens (tertiary/aromatic N) is 4. The largest absolute Gasteiger partial charge is 0.468 e. The molecule has 3 heterocycles. The van der Waals surface area contributed by atoms with Crippen molar-refractivity contribution in [2.75, 3.05) is 12.4 Å². The predicted molar refractivity (Wildman–Crippen MR) is 121 cm³/mol. The van der Waals surface area contributed by atoms with Crippen molar-refractivity contribution in [3.8, 4) is 0 Å². The number of imidazole rings is 1. The van der Waals surface area contributed by atoms with Gasteiger partial charge in [0.25, 0.3) is 0 Å².